The Labute approximate surface area is 208 Å². The molecular weight excluding hydrogens is 452 g/mol. The van der Waals surface area contributed by atoms with Gasteiger partial charge in [0.05, 0.1) is 29.3 Å². The molecule has 0 atom stereocenters. The van der Waals surface area contributed by atoms with E-state index in [0.29, 0.717) is 22.7 Å². The summed E-state index contributed by atoms with van der Waals surface area (Å²) in [6, 6.07) is 7.72. The number of aromatic amines is 2. The average molecular weight is 481 g/mol. The van der Waals surface area contributed by atoms with Gasteiger partial charge in [0.2, 0.25) is 0 Å². The van der Waals surface area contributed by atoms with Crippen LogP contribution >= 0.6 is 0 Å². The van der Waals surface area contributed by atoms with Crippen molar-refractivity contribution in [3.05, 3.63) is 78.2 Å². The molecule has 0 aliphatic rings. The van der Waals surface area contributed by atoms with Gasteiger partial charge in [-0.25, -0.2) is 15.0 Å². The molecule has 5 aromatic rings. The van der Waals surface area contributed by atoms with Crippen molar-refractivity contribution in [1.82, 2.24) is 35.0 Å². The van der Waals surface area contributed by atoms with Gasteiger partial charge in [-0.2, -0.15) is 5.10 Å². The van der Waals surface area contributed by atoms with Gasteiger partial charge in [-0.15, -0.1) is 0 Å². The molecule has 182 valence electrons. The molecule has 9 nitrogen and oxygen atoms in total. The number of nitrogens with one attached hydrogen (secondary N) is 2. The van der Waals surface area contributed by atoms with Crippen molar-refractivity contribution in [1.29, 1.82) is 0 Å². The summed E-state index contributed by atoms with van der Waals surface area (Å²) in [5.74, 6) is 0.580. The van der Waals surface area contributed by atoms with Gasteiger partial charge < -0.3 is 20.0 Å². The molecule has 0 fully saturated rings. The number of aromatic nitrogens is 6. The van der Waals surface area contributed by atoms with E-state index in [1.807, 2.05) is 38.4 Å². The van der Waals surface area contributed by atoms with Gasteiger partial charge in [0, 0.05) is 35.6 Å². The molecule has 0 unspecified atom stereocenters. The van der Waals surface area contributed by atoms with Crippen LogP contribution < -0.4 is 5.73 Å². The van der Waals surface area contributed by atoms with Crippen molar-refractivity contribution < 1.29 is 4.42 Å². The molecule has 0 radical (unpaired) electrons. The topological polar surface area (TPSA) is 126 Å². The standard InChI is InChI=1S/C27H28N8O/c1-16(2)11-17(14-35(3)4)12-19(13-28)21-5-6-22-24(30-21)25(34-33-22)27-31-23-20(18-8-10-36-15-18)7-9-29-26(23)32-27/h5-13,15H,14,28H2,1-4H3,(H,33,34)(H,29,31,32)/b17-12+,19-13+. The summed E-state index contributed by atoms with van der Waals surface area (Å²) < 4.78 is 5.26. The highest BCUT2D eigenvalue weighted by Crippen LogP contribution is 2.31. The molecule has 4 N–H and O–H groups in total. The second-order valence-electron chi connectivity index (χ2n) is 9.12. The molecule has 9 heteroatoms. The molecule has 0 bridgehead atoms. The Morgan fingerprint density at radius 1 is 1.11 bits per heavy atom. The van der Waals surface area contributed by atoms with Gasteiger partial charge in [-0.05, 0) is 63.9 Å². The summed E-state index contributed by atoms with van der Waals surface area (Å²) in [6.45, 7) is 4.95. The average Bonchev–Trinajstić information content (AvgIpc) is 3.60. The number of nitrogens with zero attached hydrogens (tertiary/aromatic N) is 5. The third kappa shape index (κ3) is 4.56. The Morgan fingerprint density at radius 3 is 2.69 bits per heavy atom. The van der Waals surface area contributed by atoms with Crippen molar-refractivity contribution in [2.24, 2.45) is 5.73 Å². The third-order valence-electron chi connectivity index (χ3n) is 5.65. The summed E-state index contributed by atoms with van der Waals surface area (Å²) >= 11 is 0. The van der Waals surface area contributed by atoms with Crippen LogP contribution in [-0.4, -0.2) is 55.7 Å². The number of fused-ring (bicyclic) bond motifs is 2. The van der Waals surface area contributed by atoms with Crippen molar-refractivity contribution in [3.8, 4) is 22.6 Å². The molecule has 5 heterocycles. The number of pyridine rings is 2. The van der Waals surface area contributed by atoms with Crippen LogP contribution in [-0.2, 0) is 0 Å². The molecule has 0 aromatic carbocycles. The van der Waals surface area contributed by atoms with Crippen molar-refractivity contribution >= 4 is 27.8 Å². The molecule has 0 aliphatic heterocycles. The molecule has 0 saturated heterocycles. The van der Waals surface area contributed by atoms with Crippen molar-refractivity contribution in [2.75, 3.05) is 20.6 Å². The lowest BCUT2D eigenvalue weighted by molar-refractivity contribution is 0.449. The van der Waals surface area contributed by atoms with Crippen molar-refractivity contribution in [2.45, 2.75) is 13.8 Å². The number of hydrogen-bond acceptors (Lipinski definition) is 7. The summed E-state index contributed by atoms with van der Waals surface area (Å²) in [4.78, 5) is 19.6. The monoisotopic (exact) mass is 480 g/mol. The van der Waals surface area contributed by atoms with Crippen LogP contribution in [0.4, 0.5) is 0 Å². The minimum Gasteiger partial charge on any atom is -0.472 e. The minimum absolute atomic E-state index is 0.580. The fraction of sp³-hybridized carbons (Fsp3) is 0.185. The number of nitrogens with two attached hydrogens (primary N) is 1. The number of imidazole rings is 1. The number of allylic oxidation sites excluding steroid dienone is 3. The Balaban J connectivity index is 1.58. The van der Waals surface area contributed by atoms with Crippen LogP contribution in [0.5, 0.6) is 0 Å². The molecule has 5 rings (SSSR count). The van der Waals surface area contributed by atoms with Gasteiger partial charge in [0.25, 0.3) is 0 Å². The summed E-state index contributed by atoms with van der Waals surface area (Å²) in [5.41, 5.74) is 15.4. The van der Waals surface area contributed by atoms with Gasteiger partial charge in [0.15, 0.2) is 17.2 Å². The van der Waals surface area contributed by atoms with E-state index in [1.165, 1.54) is 5.57 Å². The second-order valence-corrected chi connectivity index (χ2v) is 9.12. The maximum atomic E-state index is 6.06. The maximum absolute atomic E-state index is 6.06. The molecule has 0 amide bonds. The number of rotatable bonds is 7. The minimum atomic E-state index is 0.580. The first-order valence-corrected chi connectivity index (χ1v) is 11.6. The van der Waals surface area contributed by atoms with E-state index in [2.05, 4.69) is 51.1 Å². The van der Waals surface area contributed by atoms with Gasteiger partial charge >= 0.3 is 0 Å². The van der Waals surface area contributed by atoms with Crippen molar-refractivity contribution in [3.63, 3.8) is 0 Å². The van der Waals surface area contributed by atoms with E-state index < -0.39 is 0 Å². The van der Waals surface area contributed by atoms with Crippen LogP contribution in [0.2, 0.25) is 0 Å². The molecule has 36 heavy (non-hydrogen) atoms. The largest absolute Gasteiger partial charge is 0.472 e. The third-order valence-corrected chi connectivity index (χ3v) is 5.65. The highest BCUT2D eigenvalue weighted by Gasteiger charge is 2.18. The normalized spacial score (nSPS) is 12.7. The zero-order valence-corrected chi connectivity index (χ0v) is 20.7. The molecule has 0 saturated carbocycles. The van der Waals surface area contributed by atoms with E-state index in [1.54, 1.807) is 24.9 Å². The zero-order valence-electron chi connectivity index (χ0n) is 20.7. The van der Waals surface area contributed by atoms with E-state index in [9.17, 15) is 0 Å². The van der Waals surface area contributed by atoms with Crippen LogP contribution in [0, 0.1) is 0 Å². The Kier molecular flexibility index (Phi) is 6.22. The SMILES string of the molecule is CC(C)=C/C(=C\C(=C/N)c1ccc2[nH]nc(-c3nc4nccc(-c5ccoc5)c4[nH]3)c2n1)CN(C)C. The Hall–Kier alpha value is -4.50. The fourth-order valence-electron chi connectivity index (χ4n) is 4.18. The summed E-state index contributed by atoms with van der Waals surface area (Å²) in [6.07, 6.45) is 10.9. The van der Waals surface area contributed by atoms with E-state index in [0.717, 1.165) is 45.5 Å². The summed E-state index contributed by atoms with van der Waals surface area (Å²) in [7, 11) is 4.08. The van der Waals surface area contributed by atoms with Crippen LogP contribution in [0.3, 0.4) is 0 Å². The number of furan rings is 1. The lowest BCUT2D eigenvalue weighted by atomic mass is 10.1. The van der Waals surface area contributed by atoms with E-state index in [4.69, 9.17) is 20.1 Å². The highest BCUT2D eigenvalue weighted by molar-refractivity contribution is 5.94. The lowest BCUT2D eigenvalue weighted by Crippen LogP contribution is -2.14. The predicted molar refractivity (Wildman–Crippen MR) is 143 cm³/mol. The first-order chi connectivity index (χ1) is 17.4. The fourth-order valence-corrected chi connectivity index (χ4v) is 4.18. The predicted octanol–water partition coefficient (Wildman–Crippen LogP) is 4.91. The van der Waals surface area contributed by atoms with Gasteiger partial charge in [-0.1, -0.05) is 11.6 Å². The molecule has 0 spiro atoms. The Morgan fingerprint density at radius 2 is 1.97 bits per heavy atom. The van der Waals surface area contributed by atoms with Crippen LogP contribution in [0.25, 0.3) is 50.4 Å². The number of likely N-dealkylation sites (N-methyl/N-ethyl adjacent to an activating group) is 1. The smallest absolute Gasteiger partial charge is 0.178 e. The summed E-state index contributed by atoms with van der Waals surface area (Å²) in [5, 5.41) is 7.57. The lowest BCUT2D eigenvalue weighted by Gasteiger charge is -2.12. The van der Waals surface area contributed by atoms with Crippen LogP contribution in [0.1, 0.15) is 19.5 Å². The first kappa shape index (κ1) is 23.3. The zero-order chi connectivity index (χ0) is 25.2. The number of hydrogen-bond donors (Lipinski definition) is 3. The Bertz CT molecular complexity index is 1610. The maximum Gasteiger partial charge on any atom is 0.178 e. The van der Waals surface area contributed by atoms with Gasteiger partial charge in [-0.3, -0.25) is 5.10 Å². The molecular formula is C27H28N8O. The number of H-pyrrole nitrogens is 2. The highest BCUT2D eigenvalue weighted by atomic mass is 16.3. The molecule has 0 aliphatic carbocycles. The quantitative estimate of drug-likeness (QED) is 0.283. The van der Waals surface area contributed by atoms with E-state index >= 15 is 0 Å². The van der Waals surface area contributed by atoms with Crippen LogP contribution in [0.15, 0.2) is 76.9 Å². The first-order valence-electron chi connectivity index (χ1n) is 11.6. The van der Waals surface area contributed by atoms with E-state index in [-0.39, 0.29) is 0 Å². The second kappa shape index (κ2) is 9.63. The van der Waals surface area contributed by atoms with Gasteiger partial charge in [0.1, 0.15) is 5.52 Å². The molecule has 5 aromatic heterocycles.